The van der Waals surface area contributed by atoms with Gasteiger partial charge in [-0.15, -0.1) is 5.10 Å². The Bertz CT molecular complexity index is 543. The number of aromatic nitrogens is 3. The monoisotopic (exact) mass is 286 g/mol. The molecule has 1 N–H and O–H groups in total. The average Bonchev–Trinajstić information content (AvgIpc) is 2.98. The maximum atomic E-state index is 10.8. The van der Waals surface area contributed by atoms with E-state index in [1.165, 1.54) is 5.56 Å². The summed E-state index contributed by atoms with van der Waals surface area (Å²) in [6, 6.07) is 10.5. The topological polar surface area (TPSA) is 54.2 Å². The fourth-order valence-electron chi connectivity index (χ4n) is 3.08. The first-order valence-corrected chi connectivity index (χ1v) is 7.56. The van der Waals surface area contributed by atoms with Gasteiger partial charge in [-0.05, 0) is 31.4 Å². The Hall–Kier alpha value is -1.72. The number of nitrogens with zero attached hydrogens (tertiary/aromatic N) is 4. The first kappa shape index (κ1) is 14.2. The average molecular weight is 286 g/mol. The van der Waals surface area contributed by atoms with Gasteiger partial charge in [0.1, 0.15) is 0 Å². The van der Waals surface area contributed by atoms with E-state index in [1.54, 1.807) is 17.1 Å². The normalized spacial score (nSPS) is 23.3. The summed E-state index contributed by atoms with van der Waals surface area (Å²) in [4.78, 5) is 2.35. The summed E-state index contributed by atoms with van der Waals surface area (Å²) in [5, 5.41) is 18.5. The minimum Gasteiger partial charge on any atom is -0.387 e. The van der Waals surface area contributed by atoms with Crippen molar-refractivity contribution in [3.05, 3.63) is 48.3 Å². The minimum absolute atomic E-state index is 0.523. The molecule has 1 unspecified atom stereocenters. The molecule has 0 bridgehead atoms. The fourth-order valence-corrected chi connectivity index (χ4v) is 3.08. The molecule has 0 spiro atoms. The zero-order valence-corrected chi connectivity index (χ0v) is 12.2. The van der Waals surface area contributed by atoms with Gasteiger partial charge >= 0.3 is 0 Å². The van der Waals surface area contributed by atoms with Crippen LogP contribution in [0.1, 0.15) is 18.4 Å². The molecule has 2 heterocycles. The van der Waals surface area contributed by atoms with Crippen molar-refractivity contribution in [2.24, 2.45) is 0 Å². The molecule has 0 radical (unpaired) electrons. The predicted octanol–water partition coefficient (Wildman–Crippen LogP) is 1.35. The SMILES string of the molecule is OC1(Cn2ccnn2)CCCN(CCc2ccccc2)C1. The Labute approximate surface area is 125 Å². The van der Waals surface area contributed by atoms with E-state index in [9.17, 15) is 5.11 Å². The van der Waals surface area contributed by atoms with Crippen molar-refractivity contribution in [2.75, 3.05) is 19.6 Å². The van der Waals surface area contributed by atoms with Gasteiger partial charge in [-0.25, -0.2) is 4.68 Å². The second-order valence-electron chi connectivity index (χ2n) is 5.94. The summed E-state index contributed by atoms with van der Waals surface area (Å²) in [6.07, 6.45) is 6.34. The van der Waals surface area contributed by atoms with Crippen molar-refractivity contribution in [3.63, 3.8) is 0 Å². The first-order chi connectivity index (χ1) is 10.2. The second kappa shape index (κ2) is 6.37. The van der Waals surface area contributed by atoms with E-state index in [2.05, 4.69) is 39.5 Å². The molecule has 5 nitrogen and oxygen atoms in total. The Morgan fingerprint density at radius 1 is 1.24 bits per heavy atom. The van der Waals surface area contributed by atoms with Crippen LogP contribution in [0.3, 0.4) is 0 Å². The lowest BCUT2D eigenvalue weighted by Gasteiger charge is -2.39. The number of aliphatic hydroxyl groups is 1. The van der Waals surface area contributed by atoms with Crippen LogP contribution in [-0.2, 0) is 13.0 Å². The highest BCUT2D eigenvalue weighted by Gasteiger charge is 2.33. The quantitative estimate of drug-likeness (QED) is 0.901. The number of hydrogen-bond donors (Lipinski definition) is 1. The largest absolute Gasteiger partial charge is 0.387 e. The number of benzene rings is 1. The zero-order chi connectivity index (χ0) is 14.5. The van der Waals surface area contributed by atoms with Crippen LogP contribution in [0.2, 0.25) is 0 Å². The van der Waals surface area contributed by atoms with E-state index in [0.29, 0.717) is 13.1 Å². The molecule has 112 valence electrons. The number of rotatable bonds is 5. The van der Waals surface area contributed by atoms with E-state index in [1.807, 2.05) is 6.07 Å². The van der Waals surface area contributed by atoms with Gasteiger partial charge in [-0.2, -0.15) is 0 Å². The molecule has 0 aliphatic carbocycles. The van der Waals surface area contributed by atoms with E-state index >= 15 is 0 Å². The molecule has 1 aliphatic rings. The molecule has 1 aromatic heterocycles. The molecule has 2 aromatic rings. The summed E-state index contributed by atoms with van der Waals surface area (Å²) >= 11 is 0. The second-order valence-corrected chi connectivity index (χ2v) is 5.94. The van der Waals surface area contributed by atoms with Crippen LogP contribution < -0.4 is 0 Å². The van der Waals surface area contributed by atoms with Crippen LogP contribution >= 0.6 is 0 Å². The third-order valence-electron chi connectivity index (χ3n) is 4.12. The van der Waals surface area contributed by atoms with Gasteiger partial charge in [-0.1, -0.05) is 35.5 Å². The van der Waals surface area contributed by atoms with Crippen LogP contribution in [0.25, 0.3) is 0 Å². The lowest BCUT2D eigenvalue weighted by atomic mass is 9.92. The summed E-state index contributed by atoms with van der Waals surface area (Å²) < 4.78 is 1.72. The highest BCUT2D eigenvalue weighted by Crippen LogP contribution is 2.23. The van der Waals surface area contributed by atoms with Gasteiger partial charge in [0.2, 0.25) is 0 Å². The van der Waals surface area contributed by atoms with E-state index < -0.39 is 5.60 Å². The Balaban J connectivity index is 1.55. The third-order valence-corrected chi connectivity index (χ3v) is 4.12. The molecule has 1 saturated heterocycles. The van der Waals surface area contributed by atoms with E-state index in [4.69, 9.17) is 0 Å². The maximum Gasteiger partial charge on any atom is 0.0969 e. The first-order valence-electron chi connectivity index (χ1n) is 7.56. The summed E-state index contributed by atoms with van der Waals surface area (Å²) in [5.74, 6) is 0. The standard InChI is InChI=1S/C16H22N4O/c21-16(14-20-12-9-17-18-20)8-4-10-19(13-16)11-7-15-5-2-1-3-6-15/h1-3,5-6,9,12,21H,4,7-8,10-11,13-14H2. The molecular weight excluding hydrogens is 264 g/mol. The number of piperidine rings is 1. The zero-order valence-electron chi connectivity index (χ0n) is 12.2. The van der Waals surface area contributed by atoms with Gasteiger partial charge in [0.15, 0.2) is 0 Å². The molecule has 5 heteroatoms. The van der Waals surface area contributed by atoms with Gasteiger partial charge in [0, 0.05) is 19.3 Å². The fraction of sp³-hybridized carbons (Fsp3) is 0.500. The number of β-amino-alcohol motifs (C(OH)–C–C–N with tert-alkyl or cyclic N) is 1. The molecule has 21 heavy (non-hydrogen) atoms. The molecule has 1 aliphatic heterocycles. The lowest BCUT2D eigenvalue weighted by Crippen LogP contribution is -2.51. The lowest BCUT2D eigenvalue weighted by molar-refractivity contribution is -0.0452. The van der Waals surface area contributed by atoms with Gasteiger partial charge < -0.3 is 10.0 Å². The van der Waals surface area contributed by atoms with Crippen molar-refractivity contribution in [1.82, 2.24) is 19.9 Å². The van der Waals surface area contributed by atoms with Crippen LogP contribution in [-0.4, -0.2) is 50.2 Å². The molecule has 1 atom stereocenters. The molecule has 1 aromatic carbocycles. The van der Waals surface area contributed by atoms with Crippen LogP contribution in [0, 0.1) is 0 Å². The Morgan fingerprint density at radius 2 is 2.10 bits per heavy atom. The van der Waals surface area contributed by atoms with Crippen LogP contribution in [0.5, 0.6) is 0 Å². The molecule has 1 fully saturated rings. The minimum atomic E-state index is -0.692. The van der Waals surface area contributed by atoms with Gasteiger partial charge in [-0.3, -0.25) is 0 Å². The van der Waals surface area contributed by atoms with E-state index in [0.717, 1.165) is 32.4 Å². The summed E-state index contributed by atoms with van der Waals surface area (Å²) in [7, 11) is 0. The molecule has 0 amide bonds. The molecule has 3 rings (SSSR count). The number of hydrogen-bond acceptors (Lipinski definition) is 4. The van der Waals surface area contributed by atoms with Crippen molar-refractivity contribution in [3.8, 4) is 0 Å². The van der Waals surface area contributed by atoms with Gasteiger partial charge in [0.25, 0.3) is 0 Å². The van der Waals surface area contributed by atoms with Crippen molar-refractivity contribution >= 4 is 0 Å². The molecule has 0 saturated carbocycles. The van der Waals surface area contributed by atoms with Crippen LogP contribution in [0.4, 0.5) is 0 Å². The Morgan fingerprint density at radius 3 is 2.86 bits per heavy atom. The van der Waals surface area contributed by atoms with Crippen molar-refractivity contribution in [1.29, 1.82) is 0 Å². The van der Waals surface area contributed by atoms with Crippen molar-refractivity contribution < 1.29 is 5.11 Å². The summed E-state index contributed by atoms with van der Waals surface area (Å²) in [6.45, 7) is 3.28. The highest BCUT2D eigenvalue weighted by molar-refractivity contribution is 5.14. The summed E-state index contributed by atoms with van der Waals surface area (Å²) in [5.41, 5.74) is 0.658. The molecular formula is C16H22N4O. The Kier molecular flexibility index (Phi) is 4.31. The smallest absolute Gasteiger partial charge is 0.0969 e. The number of likely N-dealkylation sites (tertiary alicyclic amines) is 1. The maximum absolute atomic E-state index is 10.8. The van der Waals surface area contributed by atoms with Crippen molar-refractivity contribution in [2.45, 2.75) is 31.4 Å². The van der Waals surface area contributed by atoms with Gasteiger partial charge in [0.05, 0.1) is 18.3 Å². The third kappa shape index (κ3) is 3.89. The highest BCUT2D eigenvalue weighted by atomic mass is 16.3. The van der Waals surface area contributed by atoms with Crippen LogP contribution in [0.15, 0.2) is 42.7 Å². The van der Waals surface area contributed by atoms with E-state index in [-0.39, 0.29) is 0 Å². The predicted molar refractivity (Wildman–Crippen MR) is 80.8 cm³/mol.